The van der Waals surface area contributed by atoms with Gasteiger partial charge in [-0.3, -0.25) is 0 Å². The van der Waals surface area contributed by atoms with E-state index >= 15 is 0 Å². The zero-order valence-corrected chi connectivity index (χ0v) is 23.7. The molecule has 0 saturated carbocycles. The Morgan fingerprint density at radius 3 is 0.941 bits per heavy atom. The topological polar surface area (TPSA) is 0 Å². The molecule has 0 bridgehead atoms. The largest absolute Gasteiger partial charge is 0.0716 e. The molecular formula is H2P16Pd. The third kappa shape index (κ3) is 1.51. The van der Waals surface area contributed by atoms with Crippen LogP contribution in [0.1, 0.15) is 0 Å². The first-order chi connectivity index (χ1) is 7.97. The van der Waals surface area contributed by atoms with Gasteiger partial charge in [-0.25, -0.2) is 0 Å². The van der Waals surface area contributed by atoms with Crippen molar-refractivity contribution in [1.82, 2.24) is 0 Å². The molecule has 17 heavy (non-hydrogen) atoms. The zero-order chi connectivity index (χ0) is 9.50. The van der Waals surface area contributed by atoms with Gasteiger partial charge < -0.3 is 0 Å². The molecule has 0 aliphatic carbocycles. The molecule has 8 unspecified atom stereocenters. The Bertz CT molecular complexity index is 1030. The van der Waals surface area contributed by atoms with Crippen LogP contribution in [0, 0.1) is 0 Å². The Hall–Kier alpha value is 5.46. The molecule has 8 aromatic heterocycles. The SMILES string of the molecule is [Pd].[pH]1p2p(-p3p4p(-p5p6p(-p7p8[pH]p78)p56)p34)p12. The number of fused-ring (bicyclic) bond motifs is 4. The van der Waals surface area contributed by atoms with Crippen molar-refractivity contribution in [2.45, 2.75) is 0 Å². The van der Waals surface area contributed by atoms with Gasteiger partial charge in [0.15, 0.2) is 0 Å². The van der Waals surface area contributed by atoms with E-state index in [0.29, 0.717) is 0 Å². The van der Waals surface area contributed by atoms with E-state index in [1.807, 2.05) is 0 Å². The van der Waals surface area contributed by atoms with Gasteiger partial charge in [0.05, 0.1) is 0 Å². The van der Waals surface area contributed by atoms with Crippen molar-refractivity contribution in [2.75, 3.05) is 0 Å². The van der Waals surface area contributed by atoms with Crippen LogP contribution in [0.4, 0.5) is 0 Å². The van der Waals surface area contributed by atoms with Gasteiger partial charge in [-0.15, -0.1) is 0 Å². The van der Waals surface area contributed by atoms with Crippen molar-refractivity contribution >= 4 is 106 Å². The molecule has 92 valence electrons. The molecule has 0 radical (unpaired) electrons. The van der Waals surface area contributed by atoms with E-state index in [-0.39, 0.29) is 20.4 Å². The summed E-state index contributed by atoms with van der Waals surface area (Å²) in [5.41, 5.74) is 0. The molecular weight excluding hydrogens is 602 g/mol. The Balaban J connectivity index is 0.000000661. The maximum absolute atomic E-state index is 1.66. The number of hydrogen-bond donors (Lipinski definition) is 0. The normalized spacial score (nSPS) is 31.5. The third-order valence-electron chi connectivity index (χ3n) is 3.21. The van der Waals surface area contributed by atoms with E-state index in [2.05, 4.69) is 0 Å². The van der Waals surface area contributed by atoms with Crippen LogP contribution >= 0.6 is 106 Å². The van der Waals surface area contributed by atoms with Gasteiger partial charge in [0, 0.05) is 20.4 Å². The summed E-state index contributed by atoms with van der Waals surface area (Å²) in [4.78, 5) is 0. The van der Waals surface area contributed by atoms with Crippen molar-refractivity contribution < 1.29 is 20.4 Å². The second-order valence-electron chi connectivity index (χ2n) is 4.04. The molecule has 0 aliphatic rings. The van der Waals surface area contributed by atoms with E-state index in [9.17, 15) is 0 Å². The van der Waals surface area contributed by atoms with Gasteiger partial charge in [0.1, 0.15) is 0 Å². The second kappa shape index (κ2) is 3.67. The molecule has 8 heterocycles. The first-order valence-electron chi connectivity index (χ1n) is 4.69. The molecule has 0 aromatic carbocycles. The molecule has 0 amide bonds. The predicted octanol–water partition coefficient (Wildman–Crippen LogP) is 13.2. The maximum Gasteiger partial charge on any atom is 0 e. The minimum Gasteiger partial charge on any atom is -0.0716 e. The quantitative estimate of drug-likeness (QED) is 0.176. The van der Waals surface area contributed by atoms with Crippen molar-refractivity contribution in [3.8, 4) is 0 Å². The molecule has 0 N–H and O–H groups in total. The number of rotatable bonds is 3. The summed E-state index contributed by atoms with van der Waals surface area (Å²) >= 11 is 0. The summed E-state index contributed by atoms with van der Waals surface area (Å²) in [6.07, 6.45) is 8.20. The van der Waals surface area contributed by atoms with Crippen molar-refractivity contribution in [3.63, 3.8) is 0 Å². The molecule has 8 aromatic rings. The minimum absolute atomic E-state index is 0. The van der Waals surface area contributed by atoms with Crippen LogP contribution in [0.5, 0.6) is 0 Å². The van der Waals surface area contributed by atoms with Crippen LogP contribution in [0.3, 0.4) is 0 Å². The van der Waals surface area contributed by atoms with E-state index in [1.165, 1.54) is 0 Å². The minimum atomic E-state index is 0. The number of hydrogen-bond acceptors (Lipinski definition) is 0. The first-order valence-corrected chi connectivity index (χ1v) is 42.2. The van der Waals surface area contributed by atoms with E-state index in [0.717, 1.165) is 90.4 Å². The Labute approximate surface area is 124 Å². The molecule has 17 heteroatoms. The fraction of sp³-hybridized carbons (Fsp3) is 0. The molecule has 0 fully saturated rings. The average Bonchev–Trinajstić information content (AvgIpc) is 3.00. The third-order valence-corrected chi connectivity index (χ3v) is 220. The predicted molar refractivity (Wildman–Crippen MR) is 114 cm³/mol. The van der Waals surface area contributed by atoms with Crippen LogP contribution in [-0.4, -0.2) is 0 Å². The van der Waals surface area contributed by atoms with Crippen LogP contribution in [0.2, 0.25) is 0 Å². The Morgan fingerprint density at radius 1 is 0.412 bits per heavy atom. The van der Waals surface area contributed by atoms with Gasteiger partial charge in [-0.2, -0.15) is 0 Å². The van der Waals surface area contributed by atoms with E-state index in [1.54, 1.807) is 15.1 Å². The van der Waals surface area contributed by atoms with Gasteiger partial charge in [-0.1, -0.05) is 15.1 Å². The molecule has 8 rings (SSSR count). The zero-order valence-electron chi connectivity index (χ0n) is 7.58. The fourth-order valence-corrected chi connectivity index (χ4v) is 452. The second-order valence-corrected chi connectivity index (χ2v) is 109. The molecule has 0 aliphatic heterocycles. The van der Waals surface area contributed by atoms with Crippen LogP contribution in [0.25, 0.3) is 0 Å². The maximum atomic E-state index is 1.66. The Kier molecular flexibility index (Phi) is 2.76. The summed E-state index contributed by atoms with van der Waals surface area (Å²) in [7, 11) is 3.33. The van der Waals surface area contributed by atoms with Crippen LogP contribution in [-0.2, 0) is 20.4 Å². The summed E-state index contributed by atoms with van der Waals surface area (Å²) in [5.74, 6) is 0. The summed E-state index contributed by atoms with van der Waals surface area (Å²) < 4.78 is 0. The fourth-order valence-electron chi connectivity index (χ4n) is 1.97. The Morgan fingerprint density at radius 2 is 0.706 bits per heavy atom. The van der Waals surface area contributed by atoms with Crippen molar-refractivity contribution in [3.05, 3.63) is 0 Å². The van der Waals surface area contributed by atoms with Crippen LogP contribution in [0.15, 0.2) is 0 Å². The van der Waals surface area contributed by atoms with Crippen LogP contribution < -0.4 is 0 Å². The first kappa shape index (κ1) is 12.8. The summed E-state index contributed by atoms with van der Waals surface area (Å²) in [6, 6.07) is 0. The summed E-state index contributed by atoms with van der Waals surface area (Å²) in [5, 5.41) is 0. The van der Waals surface area contributed by atoms with Gasteiger partial charge in [0.25, 0.3) is 0 Å². The van der Waals surface area contributed by atoms with E-state index in [4.69, 9.17) is 0 Å². The van der Waals surface area contributed by atoms with Crippen molar-refractivity contribution in [1.29, 1.82) is 0 Å². The van der Waals surface area contributed by atoms with E-state index < -0.39 is 0 Å². The van der Waals surface area contributed by atoms with Gasteiger partial charge in [-0.05, 0) is 90.4 Å². The smallest absolute Gasteiger partial charge is 0 e. The molecule has 0 spiro atoms. The molecule has 8 atom stereocenters. The molecule has 0 saturated heterocycles. The summed E-state index contributed by atoms with van der Waals surface area (Å²) in [6.45, 7) is 6.29. The molecule has 0 nitrogen and oxygen atoms in total. The monoisotopic (exact) mass is 603 g/mol. The van der Waals surface area contributed by atoms with Gasteiger partial charge >= 0.3 is 0 Å². The average molecular weight is 604 g/mol. The van der Waals surface area contributed by atoms with Crippen molar-refractivity contribution in [2.24, 2.45) is 0 Å². The standard InChI is InChI=1S/H2P16.Pd/c1-3-4(1)7(3)9-11-12(9)15(11)16-13-10(14(13)16)8-5-2-6(5)8;/h1-2H;. The van der Waals surface area contributed by atoms with Gasteiger partial charge in [0.2, 0.25) is 0 Å².